The van der Waals surface area contributed by atoms with Crippen LogP contribution in [0.1, 0.15) is 39.0 Å². The first-order valence-electron chi connectivity index (χ1n) is 8.32. The smallest absolute Gasteiger partial charge is 0.0897 e. The zero-order valence-electron chi connectivity index (χ0n) is 13.5. The maximum atomic E-state index is 9.96. The van der Waals surface area contributed by atoms with Crippen molar-refractivity contribution in [1.29, 1.82) is 0 Å². The van der Waals surface area contributed by atoms with E-state index in [9.17, 15) is 5.11 Å². The molecule has 4 heteroatoms. The van der Waals surface area contributed by atoms with Crippen molar-refractivity contribution in [3.8, 4) is 0 Å². The molecule has 0 saturated heterocycles. The summed E-state index contributed by atoms with van der Waals surface area (Å²) in [4.78, 5) is 0. The Labute approximate surface area is 128 Å². The van der Waals surface area contributed by atoms with Crippen LogP contribution in [0.3, 0.4) is 0 Å². The van der Waals surface area contributed by atoms with Crippen molar-refractivity contribution in [3.63, 3.8) is 0 Å². The highest BCUT2D eigenvalue weighted by Gasteiger charge is 2.36. The minimum absolute atomic E-state index is 0.0183. The van der Waals surface area contributed by atoms with E-state index in [1.807, 2.05) is 0 Å². The third-order valence-corrected chi connectivity index (χ3v) is 5.09. The predicted molar refractivity (Wildman–Crippen MR) is 84.3 cm³/mol. The van der Waals surface area contributed by atoms with Crippen LogP contribution in [0.25, 0.3) is 0 Å². The topological polar surface area (TPSA) is 50.7 Å². The van der Waals surface area contributed by atoms with Crippen LogP contribution in [0, 0.1) is 11.8 Å². The summed E-state index contributed by atoms with van der Waals surface area (Å²) in [6.45, 7) is 4.85. The molecule has 0 amide bonds. The van der Waals surface area contributed by atoms with Gasteiger partial charge in [-0.3, -0.25) is 0 Å². The number of rotatable bonds is 9. The van der Waals surface area contributed by atoms with E-state index < -0.39 is 6.10 Å². The largest absolute Gasteiger partial charge is 0.389 e. The number of nitrogens with one attached hydrogen (secondary N) is 1. The van der Waals surface area contributed by atoms with Gasteiger partial charge in [-0.15, -0.1) is 0 Å². The van der Waals surface area contributed by atoms with Crippen molar-refractivity contribution in [2.24, 2.45) is 11.8 Å². The minimum Gasteiger partial charge on any atom is -0.389 e. The lowest BCUT2D eigenvalue weighted by Crippen LogP contribution is -2.49. The molecule has 1 saturated carbocycles. The van der Waals surface area contributed by atoms with Gasteiger partial charge in [0.2, 0.25) is 0 Å². The van der Waals surface area contributed by atoms with Gasteiger partial charge in [-0.25, -0.2) is 0 Å². The SMILES string of the molecule is COC1(CNCC(O)COCC2CC=CCC2C)CCC1. The molecule has 21 heavy (non-hydrogen) atoms. The van der Waals surface area contributed by atoms with Gasteiger partial charge in [0, 0.05) is 20.2 Å². The second kappa shape index (κ2) is 8.28. The molecule has 2 aliphatic rings. The monoisotopic (exact) mass is 297 g/mol. The lowest BCUT2D eigenvalue weighted by molar-refractivity contribution is -0.0714. The molecule has 0 radical (unpaired) electrons. The number of allylic oxidation sites excluding steroid dienone is 2. The van der Waals surface area contributed by atoms with Crippen molar-refractivity contribution >= 4 is 0 Å². The van der Waals surface area contributed by atoms with Crippen LogP contribution in [0.15, 0.2) is 12.2 Å². The summed E-state index contributed by atoms with van der Waals surface area (Å²) in [5.41, 5.74) is 0.0183. The normalized spacial score (nSPS) is 29.1. The van der Waals surface area contributed by atoms with Crippen LogP contribution in [-0.4, -0.2) is 50.2 Å². The molecule has 2 N–H and O–H groups in total. The van der Waals surface area contributed by atoms with Gasteiger partial charge in [0.05, 0.1) is 24.9 Å². The summed E-state index contributed by atoms with van der Waals surface area (Å²) in [6.07, 6.45) is 9.80. The predicted octanol–water partition coefficient (Wildman–Crippen LogP) is 2.12. The Hall–Kier alpha value is -0.420. The van der Waals surface area contributed by atoms with Gasteiger partial charge in [-0.05, 0) is 43.9 Å². The highest BCUT2D eigenvalue weighted by atomic mass is 16.5. The number of aliphatic hydroxyl groups is 1. The molecule has 0 bridgehead atoms. The fraction of sp³-hybridized carbons (Fsp3) is 0.882. The molecule has 3 atom stereocenters. The average molecular weight is 297 g/mol. The van der Waals surface area contributed by atoms with Crippen LogP contribution in [0.5, 0.6) is 0 Å². The molecule has 0 aliphatic heterocycles. The molecule has 0 aromatic carbocycles. The molecule has 0 heterocycles. The molecule has 0 aromatic rings. The van der Waals surface area contributed by atoms with Crippen molar-refractivity contribution in [1.82, 2.24) is 5.32 Å². The van der Waals surface area contributed by atoms with Crippen LogP contribution in [-0.2, 0) is 9.47 Å². The fourth-order valence-corrected chi connectivity index (χ4v) is 3.14. The first kappa shape index (κ1) is 16.9. The van der Waals surface area contributed by atoms with Gasteiger partial charge in [0.1, 0.15) is 0 Å². The van der Waals surface area contributed by atoms with Gasteiger partial charge in [0.15, 0.2) is 0 Å². The summed E-state index contributed by atoms with van der Waals surface area (Å²) >= 11 is 0. The number of hydrogen-bond acceptors (Lipinski definition) is 4. The molecular formula is C17H31NO3. The molecule has 0 spiro atoms. The molecule has 122 valence electrons. The molecule has 2 aliphatic carbocycles. The summed E-state index contributed by atoms with van der Waals surface area (Å²) in [7, 11) is 1.78. The summed E-state index contributed by atoms with van der Waals surface area (Å²) in [5.74, 6) is 1.28. The Morgan fingerprint density at radius 2 is 2.10 bits per heavy atom. The molecule has 1 fully saturated rings. The average Bonchev–Trinajstić information content (AvgIpc) is 2.44. The Balaban J connectivity index is 1.53. The lowest BCUT2D eigenvalue weighted by atomic mass is 9.80. The second-order valence-electron chi connectivity index (χ2n) is 6.74. The quantitative estimate of drug-likeness (QED) is 0.640. The number of hydrogen-bond donors (Lipinski definition) is 2. The van der Waals surface area contributed by atoms with E-state index in [0.29, 0.717) is 25.0 Å². The standard InChI is InChI=1S/C17H31NO3/c1-14-6-3-4-7-15(14)11-21-12-16(19)10-18-13-17(20-2)8-5-9-17/h3-4,14-16,18-19H,5-13H2,1-2H3. The Morgan fingerprint density at radius 3 is 2.71 bits per heavy atom. The maximum Gasteiger partial charge on any atom is 0.0897 e. The summed E-state index contributed by atoms with van der Waals surface area (Å²) in [6, 6.07) is 0. The minimum atomic E-state index is -0.437. The number of methoxy groups -OCH3 is 1. The van der Waals surface area contributed by atoms with Crippen LogP contribution >= 0.6 is 0 Å². The van der Waals surface area contributed by atoms with E-state index in [1.54, 1.807) is 7.11 Å². The van der Waals surface area contributed by atoms with E-state index in [4.69, 9.17) is 9.47 Å². The first-order chi connectivity index (χ1) is 10.2. The lowest BCUT2D eigenvalue weighted by Gasteiger charge is -2.40. The van der Waals surface area contributed by atoms with E-state index in [1.165, 1.54) is 6.42 Å². The molecule has 4 nitrogen and oxygen atoms in total. The van der Waals surface area contributed by atoms with Crippen molar-refractivity contribution < 1.29 is 14.6 Å². The Kier molecular flexibility index (Phi) is 6.68. The van der Waals surface area contributed by atoms with Crippen molar-refractivity contribution in [2.75, 3.05) is 33.4 Å². The highest BCUT2D eigenvalue weighted by molar-refractivity contribution is 4.93. The molecular weight excluding hydrogens is 266 g/mol. The maximum absolute atomic E-state index is 9.96. The van der Waals surface area contributed by atoms with E-state index in [0.717, 1.165) is 38.8 Å². The Bertz CT molecular complexity index is 322. The summed E-state index contributed by atoms with van der Waals surface area (Å²) in [5, 5.41) is 13.3. The molecule has 0 aromatic heterocycles. The van der Waals surface area contributed by atoms with Gasteiger partial charge in [-0.1, -0.05) is 19.1 Å². The fourth-order valence-electron chi connectivity index (χ4n) is 3.14. The highest BCUT2D eigenvalue weighted by Crippen LogP contribution is 2.34. The van der Waals surface area contributed by atoms with Crippen molar-refractivity contribution in [2.45, 2.75) is 50.7 Å². The Morgan fingerprint density at radius 1 is 1.33 bits per heavy atom. The third-order valence-electron chi connectivity index (χ3n) is 5.09. The molecule has 2 rings (SSSR count). The van der Waals surface area contributed by atoms with Gasteiger partial charge in [0.25, 0.3) is 0 Å². The van der Waals surface area contributed by atoms with Crippen LogP contribution in [0.2, 0.25) is 0 Å². The number of ether oxygens (including phenoxy) is 2. The van der Waals surface area contributed by atoms with E-state index in [-0.39, 0.29) is 5.60 Å². The zero-order chi connectivity index (χ0) is 15.1. The van der Waals surface area contributed by atoms with Crippen molar-refractivity contribution in [3.05, 3.63) is 12.2 Å². The van der Waals surface area contributed by atoms with Gasteiger partial charge < -0.3 is 19.9 Å². The van der Waals surface area contributed by atoms with E-state index in [2.05, 4.69) is 24.4 Å². The summed E-state index contributed by atoms with van der Waals surface area (Å²) < 4.78 is 11.2. The number of aliphatic hydroxyl groups excluding tert-OH is 1. The van der Waals surface area contributed by atoms with Crippen LogP contribution in [0.4, 0.5) is 0 Å². The molecule has 3 unspecified atom stereocenters. The van der Waals surface area contributed by atoms with Gasteiger partial charge >= 0.3 is 0 Å². The van der Waals surface area contributed by atoms with E-state index >= 15 is 0 Å². The van der Waals surface area contributed by atoms with Crippen LogP contribution < -0.4 is 5.32 Å². The zero-order valence-corrected chi connectivity index (χ0v) is 13.5. The van der Waals surface area contributed by atoms with Gasteiger partial charge in [-0.2, -0.15) is 0 Å². The third kappa shape index (κ3) is 5.06. The second-order valence-corrected chi connectivity index (χ2v) is 6.74. The first-order valence-corrected chi connectivity index (χ1v) is 8.32.